The molecule has 0 heterocycles. The highest BCUT2D eigenvalue weighted by Gasteiger charge is 2.20. The molecule has 14 nitrogen and oxygen atoms in total. The predicted octanol–water partition coefficient (Wildman–Crippen LogP) is 5.54. The van der Waals surface area contributed by atoms with Crippen LogP contribution in [-0.2, 0) is 25.3 Å². The van der Waals surface area contributed by atoms with Crippen LogP contribution in [0.2, 0.25) is 5.02 Å². The fraction of sp³-hybridized carbons (Fsp3) is 0.310. The molecule has 0 spiro atoms. The lowest BCUT2D eigenvalue weighted by Gasteiger charge is -2.25. The third kappa shape index (κ3) is 14.1. The summed E-state index contributed by atoms with van der Waals surface area (Å²) in [4.78, 5) is 49.8. The lowest BCUT2D eigenvalue weighted by atomic mass is 10.0. The van der Waals surface area contributed by atoms with Crippen molar-refractivity contribution >= 4 is 59.7 Å². The maximum atomic E-state index is 12.0. The van der Waals surface area contributed by atoms with E-state index in [1.807, 2.05) is 38.1 Å². The maximum Gasteiger partial charge on any atom is 0.339 e. The normalized spacial score (nSPS) is 10.5. The number of aryl methyl sites for hydroxylation is 2. The number of amides is 1. The zero-order chi connectivity index (χ0) is 34.9. The van der Waals surface area contributed by atoms with Crippen molar-refractivity contribution < 1.29 is 43.4 Å². The van der Waals surface area contributed by atoms with Gasteiger partial charge >= 0.3 is 13.6 Å². The van der Waals surface area contributed by atoms with E-state index in [2.05, 4.69) is 12.2 Å². The first-order valence-electron chi connectivity index (χ1n) is 13.6. The van der Waals surface area contributed by atoms with Gasteiger partial charge in [-0.15, -0.1) is 11.6 Å². The van der Waals surface area contributed by atoms with E-state index in [9.17, 15) is 24.3 Å². The predicted molar refractivity (Wildman–Crippen MR) is 177 cm³/mol. The van der Waals surface area contributed by atoms with Crippen molar-refractivity contribution in [1.82, 2.24) is 5.32 Å². The van der Waals surface area contributed by atoms with Gasteiger partial charge in [-0.2, -0.15) is 0 Å². The van der Waals surface area contributed by atoms with E-state index >= 15 is 0 Å². The zero-order valence-electron chi connectivity index (χ0n) is 25.4. The number of benzene rings is 3. The van der Waals surface area contributed by atoms with Crippen LogP contribution in [0.1, 0.15) is 25.0 Å². The number of nitro groups is 1. The molecule has 1 amide bonds. The second-order valence-corrected chi connectivity index (χ2v) is 11.4. The van der Waals surface area contributed by atoms with Gasteiger partial charge < -0.3 is 30.1 Å². The number of nitrogens with zero attached hydrogens (tertiary/aromatic N) is 2. The van der Waals surface area contributed by atoms with Crippen molar-refractivity contribution in [1.29, 1.82) is 0 Å². The Labute approximate surface area is 276 Å². The summed E-state index contributed by atoms with van der Waals surface area (Å²) in [7, 11) is -4.10. The van der Waals surface area contributed by atoms with E-state index in [0.29, 0.717) is 12.4 Å². The Bertz CT molecular complexity index is 1490. The van der Waals surface area contributed by atoms with Crippen molar-refractivity contribution in [2.45, 2.75) is 27.2 Å². The number of anilines is 2. The van der Waals surface area contributed by atoms with Gasteiger partial charge in [-0.05, 0) is 49.6 Å². The molecule has 3 aromatic carbocycles. The van der Waals surface area contributed by atoms with E-state index in [1.165, 1.54) is 12.1 Å². The molecular weight excluding hydrogens is 666 g/mol. The first-order valence-corrected chi connectivity index (χ1v) is 16.3. The van der Waals surface area contributed by atoms with E-state index in [4.69, 9.17) is 53.3 Å². The Morgan fingerprint density at radius 2 is 1.74 bits per heavy atom. The Morgan fingerprint density at radius 1 is 1.09 bits per heavy atom. The minimum atomic E-state index is -4.10. The second-order valence-electron chi connectivity index (χ2n) is 9.14. The van der Waals surface area contributed by atoms with Crippen molar-refractivity contribution in [3.8, 4) is 11.5 Å². The van der Waals surface area contributed by atoms with Crippen molar-refractivity contribution in [2.75, 3.05) is 42.7 Å². The number of carbonyl (C=O) groups is 2. The molecule has 0 aromatic heterocycles. The average Bonchev–Trinajstić information content (AvgIpc) is 3.00. The minimum Gasteiger partial charge on any atom is -0.480 e. The van der Waals surface area contributed by atoms with Gasteiger partial charge in [0.25, 0.3) is 5.69 Å². The van der Waals surface area contributed by atoms with Gasteiger partial charge in [0.05, 0.1) is 23.4 Å². The molecule has 0 saturated carbocycles. The smallest absolute Gasteiger partial charge is 0.339 e. The number of ether oxygens (including phenoxy) is 2. The van der Waals surface area contributed by atoms with E-state index in [1.54, 1.807) is 29.2 Å². The molecule has 0 bridgehead atoms. The number of carbonyl (C=O) groups excluding carboxylic acids is 1. The average molecular weight is 704 g/mol. The van der Waals surface area contributed by atoms with Crippen LogP contribution in [0.15, 0.2) is 60.7 Å². The third-order valence-electron chi connectivity index (χ3n) is 5.70. The molecule has 0 fully saturated rings. The summed E-state index contributed by atoms with van der Waals surface area (Å²) in [5.41, 5.74) is 8.37. The summed E-state index contributed by atoms with van der Waals surface area (Å²) in [6, 6.07) is 17.7. The number of carboxylic acids is 1. The van der Waals surface area contributed by atoms with Crippen LogP contribution >= 0.6 is 30.8 Å². The summed E-state index contributed by atoms with van der Waals surface area (Å²) < 4.78 is 20.9. The molecular formula is C29H37Cl2N4O10P. The molecule has 252 valence electrons. The van der Waals surface area contributed by atoms with Crippen molar-refractivity contribution in [3.05, 3.63) is 86.9 Å². The lowest BCUT2D eigenvalue weighted by molar-refractivity contribution is -0.383. The van der Waals surface area contributed by atoms with Gasteiger partial charge in [-0.3, -0.25) is 34.5 Å². The number of nitro benzene ring substituents is 1. The van der Waals surface area contributed by atoms with Gasteiger partial charge in [-0.1, -0.05) is 54.9 Å². The van der Waals surface area contributed by atoms with E-state index in [-0.39, 0.29) is 40.7 Å². The van der Waals surface area contributed by atoms with Gasteiger partial charge in [-0.25, -0.2) is 0 Å². The largest absolute Gasteiger partial charge is 0.480 e. The van der Waals surface area contributed by atoms with Crippen LogP contribution in [0, 0.1) is 17.0 Å². The molecule has 0 saturated heterocycles. The number of aliphatic carboxylic acids is 1. The molecule has 0 radical (unpaired) electrons. The van der Waals surface area contributed by atoms with Crippen LogP contribution in [0.3, 0.4) is 0 Å². The second kappa shape index (κ2) is 20.4. The Balaban J connectivity index is 0.000000361. The van der Waals surface area contributed by atoms with E-state index < -0.39 is 31.3 Å². The van der Waals surface area contributed by atoms with Crippen LogP contribution in [0.25, 0.3) is 0 Å². The van der Waals surface area contributed by atoms with Crippen LogP contribution in [0.4, 0.5) is 17.1 Å². The number of nitrogens with one attached hydrogen (secondary N) is 1. The summed E-state index contributed by atoms with van der Waals surface area (Å²) in [6.07, 6.45) is 0.272. The molecule has 3 aromatic rings. The minimum absolute atomic E-state index is 0.0352. The lowest BCUT2D eigenvalue weighted by Crippen LogP contribution is -2.35. The highest BCUT2D eigenvalue weighted by Crippen LogP contribution is 2.38. The van der Waals surface area contributed by atoms with Crippen molar-refractivity contribution in [3.63, 3.8) is 0 Å². The topological polar surface area (TPSA) is 215 Å². The number of nitrogen functional groups attached to an aromatic ring is 1. The molecule has 6 N–H and O–H groups in total. The monoisotopic (exact) mass is 702 g/mol. The van der Waals surface area contributed by atoms with Crippen molar-refractivity contribution in [2.24, 2.45) is 0 Å². The van der Waals surface area contributed by atoms with Crippen LogP contribution < -0.4 is 20.7 Å². The first-order chi connectivity index (χ1) is 21.7. The molecule has 0 atom stereocenters. The molecule has 3 rings (SSSR count). The molecule has 0 aliphatic carbocycles. The fourth-order valence-corrected chi connectivity index (χ4v) is 4.38. The fourth-order valence-electron chi connectivity index (χ4n) is 3.63. The summed E-state index contributed by atoms with van der Waals surface area (Å²) in [6.45, 7) is 6.35. The summed E-state index contributed by atoms with van der Waals surface area (Å²) in [5, 5.41) is 20.8. The molecule has 0 aliphatic heterocycles. The number of rotatable bonds is 13. The van der Waals surface area contributed by atoms with Gasteiger partial charge in [0.15, 0.2) is 0 Å². The maximum absolute atomic E-state index is 12.0. The Morgan fingerprint density at radius 3 is 2.26 bits per heavy atom. The number of nitrogens with two attached hydrogens (primary N) is 1. The third-order valence-corrected chi connectivity index (χ3v) is 6.95. The molecule has 17 heteroatoms. The number of hydrogen-bond acceptors (Lipinski definition) is 9. The number of para-hydroxylation sites is 2. The molecule has 0 aliphatic rings. The van der Waals surface area contributed by atoms with Gasteiger partial charge in [0, 0.05) is 12.7 Å². The highest BCUT2D eigenvalue weighted by molar-refractivity contribution is 7.51. The molecule has 46 heavy (non-hydrogen) atoms. The quantitative estimate of drug-likeness (QED) is 0.0370. The van der Waals surface area contributed by atoms with E-state index in [0.717, 1.165) is 23.2 Å². The SMILES string of the molecule is CCOCN(C(=O)CCl)c1c(C)cccc1CC.Nc1c([N+](=O)[O-])ccc(Oc2ccccc2)c1Cl.O=C(O)CNCP(=O)(O)O. The van der Waals surface area contributed by atoms with Crippen LogP contribution in [0.5, 0.6) is 11.5 Å². The number of halogens is 2. The van der Waals surface area contributed by atoms with Crippen LogP contribution in [-0.4, -0.2) is 63.7 Å². The zero-order valence-corrected chi connectivity index (χ0v) is 27.8. The first kappa shape index (κ1) is 40.3. The number of hydrogen-bond donors (Lipinski definition) is 5. The standard InChI is InChI=1S/C14H20ClNO2.C12H9ClN2O3.C3H8NO5P/c1-4-12-8-6-7-11(3)14(12)16(10-18-5-2)13(17)9-15;13-11-10(18-8-4-2-1-3-5-8)7-6-9(12(11)14)15(16)17;5-3(6)1-4-2-10(7,8)9/h6-8H,4-5,9-10H2,1-3H3;1-7H,14H2;4H,1-2H2,(H,5,6)(H2,7,8,9). The number of carboxylic acid groups (broad SMARTS) is 1. The summed E-state index contributed by atoms with van der Waals surface area (Å²) >= 11 is 11.6. The Hall–Kier alpha value is -3.75. The number of alkyl halides is 1. The van der Waals surface area contributed by atoms with Gasteiger partial charge in [0.2, 0.25) is 5.91 Å². The van der Waals surface area contributed by atoms with Gasteiger partial charge in [0.1, 0.15) is 34.8 Å². The highest BCUT2D eigenvalue weighted by atomic mass is 35.5. The Kier molecular flexibility index (Phi) is 17.9. The molecule has 0 unspecified atom stereocenters. The summed E-state index contributed by atoms with van der Waals surface area (Å²) in [5.74, 6) is -0.453.